The van der Waals surface area contributed by atoms with Gasteiger partial charge in [-0.05, 0) is 6.92 Å². The van der Waals surface area contributed by atoms with Gasteiger partial charge < -0.3 is 10.2 Å². The lowest BCUT2D eigenvalue weighted by Crippen LogP contribution is -1.96. The van der Waals surface area contributed by atoms with Gasteiger partial charge in [0.2, 0.25) is 5.89 Å². The maximum Gasteiger partial charge on any atom is 0.233 e. The third kappa shape index (κ3) is 2.49. The molecule has 2 aromatic rings. The number of nitrogen functional groups attached to an aromatic ring is 1. The normalized spacial score (nSPS) is 9.50. The fourth-order valence-corrected chi connectivity index (χ4v) is 1.26. The van der Waals surface area contributed by atoms with Gasteiger partial charge >= 0.3 is 0 Å². The van der Waals surface area contributed by atoms with Gasteiger partial charge in [0.1, 0.15) is 29.1 Å². The lowest BCUT2D eigenvalue weighted by Gasteiger charge is -2.00. The minimum atomic E-state index is 0.236. The predicted molar refractivity (Wildman–Crippen MR) is 63.0 cm³/mol. The van der Waals surface area contributed by atoms with Crippen LogP contribution in [0.3, 0.4) is 0 Å². The third-order valence-electron chi connectivity index (χ3n) is 1.66. The van der Waals surface area contributed by atoms with Crippen molar-refractivity contribution in [1.82, 2.24) is 15.0 Å². The zero-order valence-corrected chi connectivity index (χ0v) is 10.1. The summed E-state index contributed by atoms with van der Waals surface area (Å²) < 4.78 is 5.16. The molecule has 0 radical (unpaired) electrons. The summed E-state index contributed by atoms with van der Waals surface area (Å²) in [5.41, 5.74) is 6.81. The van der Waals surface area contributed by atoms with E-state index in [1.165, 1.54) is 12.6 Å². The number of hydrogen-bond acceptors (Lipinski definition) is 5. The van der Waals surface area contributed by atoms with Crippen molar-refractivity contribution in [1.29, 1.82) is 0 Å². The van der Waals surface area contributed by atoms with Gasteiger partial charge in [-0.2, -0.15) is 0 Å². The second-order valence-electron chi connectivity index (χ2n) is 2.72. The van der Waals surface area contributed by atoms with Gasteiger partial charge in [-0.25, -0.2) is 15.0 Å². The van der Waals surface area contributed by atoms with Crippen molar-refractivity contribution in [3.63, 3.8) is 0 Å². The molecule has 0 bridgehead atoms. The Balaban J connectivity index is 0.000000606. The fourth-order valence-electron chi connectivity index (χ4n) is 1.04. The number of oxazole rings is 1. The number of nitrogens with two attached hydrogens (primary N) is 1. The summed E-state index contributed by atoms with van der Waals surface area (Å²) in [7, 11) is 0. The molecule has 0 aliphatic heterocycles. The van der Waals surface area contributed by atoms with E-state index in [2.05, 4.69) is 15.0 Å². The molecule has 16 heavy (non-hydrogen) atoms. The quantitative estimate of drug-likeness (QED) is 0.776. The van der Waals surface area contributed by atoms with E-state index < -0.39 is 0 Å². The summed E-state index contributed by atoms with van der Waals surface area (Å²) in [6, 6.07) is 0. The molecule has 0 fully saturated rings. The molecule has 0 spiro atoms. The smallest absolute Gasteiger partial charge is 0.233 e. The van der Waals surface area contributed by atoms with E-state index >= 15 is 0 Å². The third-order valence-corrected chi connectivity index (χ3v) is 1.95. The van der Waals surface area contributed by atoms with E-state index in [0.29, 0.717) is 11.5 Å². The minimum absolute atomic E-state index is 0.236. The Labute approximate surface area is 98.7 Å². The highest BCUT2D eigenvalue weighted by Crippen LogP contribution is 2.28. The highest BCUT2D eigenvalue weighted by atomic mass is 35.5. The molecular weight excluding hydrogens is 228 g/mol. The minimum Gasteiger partial charge on any atom is -0.444 e. The number of nitrogens with zero attached hydrogens (tertiary/aromatic N) is 3. The molecule has 5 nitrogen and oxygen atoms in total. The standard InChI is InChI=1S/C8H7ClN4O.C2H6/c1-4-2-14-8(13-4)5-6(9)11-3-12-7(5)10;1-2/h2-3H,1H3,(H2,10,11,12);1-2H3. The molecule has 0 aliphatic carbocycles. The molecule has 0 aliphatic rings. The van der Waals surface area contributed by atoms with Crippen LogP contribution < -0.4 is 5.73 Å². The first kappa shape index (κ1) is 12.4. The zero-order valence-electron chi connectivity index (χ0n) is 9.36. The maximum atomic E-state index is 5.84. The second-order valence-corrected chi connectivity index (χ2v) is 3.08. The number of halogens is 1. The van der Waals surface area contributed by atoms with Crippen molar-refractivity contribution < 1.29 is 4.42 Å². The topological polar surface area (TPSA) is 77.8 Å². The van der Waals surface area contributed by atoms with Crippen LogP contribution >= 0.6 is 11.6 Å². The molecule has 0 unspecified atom stereocenters. The fraction of sp³-hybridized carbons (Fsp3) is 0.300. The van der Waals surface area contributed by atoms with Gasteiger partial charge in [0.25, 0.3) is 0 Å². The van der Waals surface area contributed by atoms with Gasteiger partial charge in [-0.3, -0.25) is 0 Å². The molecule has 86 valence electrons. The van der Waals surface area contributed by atoms with Gasteiger partial charge in [-0.15, -0.1) is 0 Å². The van der Waals surface area contributed by atoms with Gasteiger partial charge in [-0.1, -0.05) is 25.4 Å². The Hall–Kier alpha value is -1.62. The molecule has 2 rings (SSSR count). The average Bonchev–Trinajstić information content (AvgIpc) is 2.68. The molecule has 2 aromatic heterocycles. The summed E-state index contributed by atoms with van der Waals surface area (Å²) in [6.07, 6.45) is 2.80. The molecule has 0 amide bonds. The van der Waals surface area contributed by atoms with Crippen molar-refractivity contribution in [2.75, 3.05) is 5.73 Å². The number of hydrogen-bond donors (Lipinski definition) is 1. The maximum absolute atomic E-state index is 5.84. The predicted octanol–water partition coefficient (Wildman–Crippen LogP) is 2.70. The van der Waals surface area contributed by atoms with E-state index in [9.17, 15) is 0 Å². The highest BCUT2D eigenvalue weighted by Gasteiger charge is 2.14. The monoisotopic (exact) mass is 240 g/mol. The SMILES string of the molecule is CC.Cc1coc(-c2c(N)ncnc2Cl)n1. The van der Waals surface area contributed by atoms with Crippen molar-refractivity contribution in [2.45, 2.75) is 20.8 Å². The second kappa shape index (κ2) is 5.46. The summed E-state index contributed by atoms with van der Waals surface area (Å²) in [5.74, 6) is 0.595. The Morgan fingerprint density at radius 3 is 2.50 bits per heavy atom. The van der Waals surface area contributed by atoms with E-state index in [0.717, 1.165) is 5.69 Å². The van der Waals surface area contributed by atoms with E-state index in [4.69, 9.17) is 21.8 Å². The molecule has 0 saturated carbocycles. The van der Waals surface area contributed by atoms with Crippen LogP contribution in [-0.2, 0) is 0 Å². The van der Waals surface area contributed by atoms with Crippen LogP contribution in [0.2, 0.25) is 5.15 Å². The van der Waals surface area contributed by atoms with Crippen molar-refractivity contribution in [3.8, 4) is 11.5 Å². The highest BCUT2D eigenvalue weighted by molar-refractivity contribution is 6.32. The van der Waals surface area contributed by atoms with Crippen molar-refractivity contribution in [3.05, 3.63) is 23.4 Å². The van der Waals surface area contributed by atoms with Gasteiger partial charge in [0.05, 0.1) is 5.69 Å². The summed E-state index contributed by atoms with van der Waals surface area (Å²) in [4.78, 5) is 11.7. The summed E-state index contributed by atoms with van der Waals surface area (Å²) in [6.45, 7) is 5.81. The Morgan fingerprint density at radius 2 is 2.00 bits per heavy atom. The molecule has 6 heteroatoms. The molecular formula is C10H13ClN4O. The first-order chi connectivity index (χ1) is 7.68. The number of rotatable bonds is 1. The molecule has 0 atom stereocenters. The van der Waals surface area contributed by atoms with Crippen LogP contribution in [0.4, 0.5) is 5.82 Å². The largest absolute Gasteiger partial charge is 0.444 e. The first-order valence-electron chi connectivity index (χ1n) is 4.87. The van der Waals surface area contributed by atoms with Crippen LogP contribution in [0.25, 0.3) is 11.5 Å². The molecule has 2 heterocycles. The van der Waals surface area contributed by atoms with Crippen molar-refractivity contribution in [2.24, 2.45) is 0 Å². The number of aryl methyl sites for hydroxylation is 1. The zero-order chi connectivity index (χ0) is 12.1. The first-order valence-corrected chi connectivity index (χ1v) is 5.24. The summed E-state index contributed by atoms with van der Waals surface area (Å²) >= 11 is 5.84. The molecule has 0 saturated heterocycles. The molecule has 2 N–H and O–H groups in total. The Kier molecular flexibility index (Phi) is 4.25. The van der Waals surface area contributed by atoms with Gasteiger partial charge in [0.15, 0.2) is 0 Å². The summed E-state index contributed by atoms with van der Waals surface area (Å²) in [5, 5.41) is 0.236. The van der Waals surface area contributed by atoms with Gasteiger partial charge in [0, 0.05) is 0 Å². The van der Waals surface area contributed by atoms with E-state index in [1.54, 1.807) is 6.92 Å². The van der Waals surface area contributed by atoms with Crippen LogP contribution in [0.15, 0.2) is 17.0 Å². The number of aromatic nitrogens is 3. The molecule has 0 aromatic carbocycles. The lowest BCUT2D eigenvalue weighted by molar-refractivity contribution is 0.573. The number of anilines is 1. The van der Waals surface area contributed by atoms with E-state index in [-0.39, 0.29) is 11.0 Å². The van der Waals surface area contributed by atoms with Crippen molar-refractivity contribution >= 4 is 17.4 Å². The lowest BCUT2D eigenvalue weighted by atomic mass is 10.3. The van der Waals surface area contributed by atoms with Crippen LogP contribution in [0.5, 0.6) is 0 Å². The van der Waals surface area contributed by atoms with Crippen LogP contribution in [0.1, 0.15) is 19.5 Å². The van der Waals surface area contributed by atoms with Crippen LogP contribution in [-0.4, -0.2) is 15.0 Å². The van der Waals surface area contributed by atoms with E-state index in [1.807, 2.05) is 13.8 Å². The Bertz CT molecular complexity index is 449. The van der Waals surface area contributed by atoms with Crippen LogP contribution in [0, 0.1) is 6.92 Å². The Morgan fingerprint density at radius 1 is 1.31 bits per heavy atom. The average molecular weight is 241 g/mol.